The van der Waals surface area contributed by atoms with Crippen molar-refractivity contribution < 1.29 is 23.9 Å². The largest absolute Gasteiger partial charge is 0.496 e. The molecule has 0 aliphatic carbocycles. The lowest BCUT2D eigenvalue weighted by molar-refractivity contribution is -0.120. The Morgan fingerprint density at radius 3 is 2.25 bits per heavy atom. The molecule has 0 unspecified atom stereocenters. The van der Waals surface area contributed by atoms with E-state index in [1.165, 1.54) is 16.9 Å². The number of rotatable bonds is 11. The summed E-state index contributed by atoms with van der Waals surface area (Å²) in [4.78, 5) is 59.1. The third-order valence-corrected chi connectivity index (χ3v) is 13.3. The molecule has 4 aromatic carbocycles. The second kappa shape index (κ2) is 18.1. The molecule has 332 valence electrons. The van der Waals surface area contributed by atoms with E-state index in [0.717, 1.165) is 98.7 Å². The van der Waals surface area contributed by atoms with Gasteiger partial charge in [0.15, 0.2) is 0 Å². The van der Waals surface area contributed by atoms with Gasteiger partial charge in [-0.1, -0.05) is 24.3 Å². The number of carbonyl (C=O) groups is 4. The maximum Gasteiger partial charge on any atom is 0.328 e. The molecule has 5 amide bonds. The van der Waals surface area contributed by atoms with Gasteiger partial charge in [0.05, 0.1) is 12.7 Å². The summed E-state index contributed by atoms with van der Waals surface area (Å²) in [6.45, 7) is 12.3. The van der Waals surface area contributed by atoms with Crippen LogP contribution in [0, 0.1) is 19.8 Å². The van der Waals surface area contributed by atoms with Crippen LogP contribution in [0.15, 0.2) is 78.9 Å². The van der Waals surface area contributed by atoms with E-state index in [1.807, 2.05) is 61.0 Å². The van der Waals surface area contributed by atoms with Gasteiger partial charge in [-0.25, -0.2) is 9.48 Å². The molecule has 4 aliphatic heterocycles. The number of hydrogen-bond acceptors (Lipinski definition) is 10. The highest BCUT2D eigenvalue weighted by molar-refractivity contribution is 6.06. The Labute approximate surface area is 373 Å². The van der Waals surface area contributed by atoms with Crippen LogP contribution in [0.2, 0.25) is 0 Å². The highest BCUT2D eigenvalue weighted by Gasteiger charge is 2.29. The summed E-state index contributed by atoms with van der Waals surface area (Å²) in [6.07, 6.45) is 3.35. The van der Waals surface area contributed by atoms with Gasteiger partial charge in [0.2, 0.25) is 5.91 Å². The minimum absolute atomic E-state index is 0.214. The number of carbonyl (C=O) groups excluding carboxylic acids is 4. The number of imide groups is 1. The number of nitrogens with two attached hydrogens (primary N) is 1. The second-order valence-corrected chi connectivity index (χ2v) is 17.3. The van der Waals surface area contributed by atoms with Crippen LogP contribution >= 0.6 is 0 Å². The Balaban J connectivity index is 0.783. The highest BCUT2D eigenvalue weighted by atomic mass is 16.5. The average Bonchev–Trinajstić information content (AvgIpc) is 3.57. The zero-order chi connectivity index (χ0) is 44.5. The summed E-state index contributed by atoms with van der Waals surface area (Å²) in [5, 5.41) is 13.9. The van der Waals surface area contributed by atoms with Crippen LogP contribution in [0.1, 0.15) is 62.2 Å². The normalized spacial score (nSPS) is 17.0. The molecule has 0 atom stereocenters. The van der Waals surface area contributed by atoms with Crippen molar-refractivity contribution in [2.45, 2.75) is 52.6 Å². The monoisotopic (exact) mass is 864 g/mol. The number of aryl methyl sites for hydroxylation is 4. The number of nitrogens with one attached hydrogen (secondary N) is 3. The van der Waals surface area contributed by atoms with Crippen molar-refractivity contribution in [2.75, 3.05) is 79.5 Å². The number of piperazine rings is 1. The third-order valence-electron chi connectivity index (χ3n) is 13.3. The van der Waals surface area contributed by atoms with Crippen molar-refractivity contribution in [1.82, 2.24) is 25.3 Å². The van der Waals surface area contributed by atoms with Crippen LogP contribution < -0.4 is 41.1 Å². The van der Waals surface area contributed by atoms with E-state index in [0.29, 0.717) is 60.4 Å². The minimum atomic E-state index is -0.551. The summed E-state index contributed by atoms with van der Waals surface area (Å²) in [7, 11) is 1.57. The number of aromatic nitrogens is 2. The first-order valence-electron chi connectivity index (χ1n) is 22.3. The molecule has 1 aromatic heterocycles. The summed E-state index contributed by atoms with van der Waals surface area (Å²) >= 11 is 0. The predicted octanol–water partition coefficient (Wildman–Crippen LogP) is 5.99. The summed E-state index contributed by atoms with van der Waals surface area (Å²) in [5.74, 6) is 0.824. The molecule has 15 heteroatoms. The number of primary amides is 1. The molecule has 0 saturated carbocycles. The average molecular weight is 865 g/mol. The number of para-hydroxylation sites is 1. The van der Waals surface area contributed by atoms with Gasteiger partial charge in [0.1, 0.15) is 22.8 Å². The Morgan fingerprint density at radius 1 is 0.797 bits per heavy atom. The van der Waals surface area contributed by atoms with Gasteiger partial charge in [-0.3, -0.25) is 29.5 Å². The number of ether oxygens (including phenoxy) is 1. The second-order valence-electron chi connectivity index (χ2n) is 17.3. The van der Waals surface area contributed by atoms with Crippen molar-refractivity contribution in [2.24, 2.45) is 11.7 Å². The number of urea groups is 1. The fraction of sp³-hybridized carbons (Fsp3) is 0.367. The maximum absolute atomic E-state index is 13.1. The quantitative estimate of drug-likeness (QED) is 0.124. The minimum Gasteiger partial charge on any atom is -0.496 e. The molecule has 0 bridgehead atoms. The van der Waals surface area contributed by atoms with Gasteiger partial charge in [-0.2, -0.15) is 5.10 Å². The van der Waals surface area contributed by atoms with Crippen LogP contribution in [-0.2, 0) is 24.3 Å². The van der Waals surface area contributed by atoms with Gasteiger partial charge in [0.25, 0.3) is 11.8 Å². The van der Waals surface area contributed by atoms with E-state index in [1.54, 1.807) is 18.1 Å². The molecule has 5 aromatic rings. The molecule has 64 heavy (non-hydrogen) atoms. The van der Waals surface area contributed by atoms with Gasteiger partial charge in [-0.05, 0) is 116 Å². The molecule has 9 rings (SSSR count). The molecular formula is C49H56N10O5. The highest BCUT2D eigenvalue weighted by Crippen LogP contribution is 2.37. The molecule has 5 heterocycles. The number of amides is 5. The topological polar surface area (TPSA) is 170 Å². The first-order chi connectivity index (χ1) is 31.0. The Hall–Kier alpha value is -6.87. The summed E-state index contributed by atoms with van der Waals surface area (Å²) in [5.41, 5.74) is 16.3. The zero-order valence-electron chi connectivity index (χ0n) is 36.8. The van der Waals surface area contributed by atoms with Crippen molar-refractivity contribution in [3.63, 3.8) is 0 Å². The van der Waals surface area contributed by atoms with Crippen LogP contribution in [0.25, 0.3) is 11.3 Å². The lowest BCUT2D eigenvalue weighted by Gasteiger charge is -2.40. The van der Waals surface area contributed by atoms with E-state index < -0.39 is 5.91 Å². The van der Waals surface area contributed by atoms with Gasteiger partial charge < -0.3 is 30.9 Å². The van der Waals surface area contributed by atoms with E-state index >= 15 is 0 Å². The Kier molecular flexibility index (Phi) is 12.0. The maximum atomic E-state index is 13.1. The lowest BCUT2D eigenvalue weighted by Crippen LogP contribution is -2.49. The molecule has 5 N–H and O–H groups in total. The van der Waals surface area contributed by atoms with E-state index in [9.17, 15) is 19.2 Å². The van der Waals surface area contributed by atoms with Gasteiger partial charge in [0, 0.05) is 100 Å². The number of piperidine rings is 1. The molecule has 0 spiro atoms. The first-order valence-corrected chi connectivity index (χ1v) is 22.3. The van der Waals surface area contributed by atoms with Crippen molar-refractivity contribution in [3.05, 3.63) is 112 Å². The van der Waals surface area contributed by atoms with Gasteiger partial charge >= 0.3 is 6.03 Å². The molecular weight excluding hydrogens is 809 g/mol. The summed E-state index contributed by atoms with van der Waals surface area (Å²) < 4.78 is 7.34. The van der Waals surface area contributed by atoms with E-state index in [4.69, 9.17) is 15.6 Å². The molecule has 0 radical (unpaired) electrons. The fourth-order valence-electron chi connectivity index (χ4n) is 9.64. The number of anilines is 5. The molecule has 15 nitrogen and oxygen atoms in total. The van der Waals surface area contributed by atoms with Crippen LogP contribution in [0.4, 0.5) is 33.4 Å². The Morgan fingerprint density at radius 2 is 1.53 bits per heavy atom. The molecule has 3 saturated heterocycles. The predicted molar refractivity (Wildman–Crippen MR) is 249 cm³/mol. The lowest BCUT2D eigenvalue weighted by atomic mass is 9.95. The van der Waals surface area contributed by atoms with Crippen LogP contribution in [0.5, 0.6) is 5.75 Å². The summed E-state index contributed by atoms with van der Waals surface area (Å²) in [6, 6.07) is 25.7. The number of nitrogens with zero attached hydrogens (tertiary/aromatic N) is 6. The molecule has 4 aliphatic rings. The molecule has 3 fully saturated rings. The van der Waals surface area contributed by atoms with Crippen LogP contribution in [0.3, 0.4) is 0 Å². The fourth-order valence-corrected chi connectivity index (χ4v) is 9.64. The standard InChI is InChI=1S/C49H56N10O5/c1-31-5-4-6-40(45(31)64-3)48(62)51-29-36-8-7-35(27-32(36)2)44-43(46(50)61)47-52-41-14-13-39(28-34(41)17-22-59(47)54-44)57-25-23-55(24-26-57)30-33-15-19-56(20-16-33)37-9-11-38(12-10-37)58-21-18-42(60)53-49(58)63/h4-14,27-28,33,52H,15-26,29-30H2,1-3H3,(H2,50,61)(H,51,62)(H,53,60,63). The van der Waals surface area contributed by atoms with Crippen molar-refractivity contribution in [1.29, 1.82) is 0 Å². The zero-order valence-corrected chi connectivity index (χ0v) is 36.8. The van der Waals surface area contributed by atoms with E-state index in [2.05, 4.69) is 61.0 Å². The van der Waals surface area contributed by atoms with Crippen molar-refractivity contribution in [3.8, 4) is 17.0 Å². The SMILES string of the molecule is COc1c(C)cccc1C(=O)NCc1ccc(-c2nn3c(c2C(N)=O)Nc2ccc(N4CCN(CC5CCN(c6ccc(N7CCC(=O)NC7=O)cc6)CC5)CC4)cc2CC3)cc1C. The number of fused-ring (bicyclic) bond motifs is 2. The Bertz CT molecular complexity index is 2590. The van der Waals surface area contributed by atoms with Crippen molar-refractivity contribution >= 4 is 52.3 Å². The third kappa shape index (κ3) is 8.72. The van der Waals surface area contributed by atoms with Gasteiger partial charge in [-0.15, -0.1) is 0 Å². The smallest absolute Gasteiger partial charge is 0.328 e. The number of hydrogen-bond donors (Lipinski definition) is 4. The van der Waals surface area contributed by atoms with E-state index in [-0.39, 0.29) is 17.8 Å². The van der Waals surface area contributed by atoms with Crippen LogP contribution in [-0.4, -0.2) is 97.9 Å². The number of methoxy groups -OCH3 is 1. The number of benzene rings is 4. The first kappa shape index (κ1) is 42.4.